The molecule has 1 N–H and O–H groups in total. The van der Waals surface area contributed by atoms with Crippen LogP contribution in [0.5, 0.6) is 0 Å². The molecule has 1 aliphatic heterocycles. The lowest BCUT2D eigenvalue weighted by atomic mass is 10.1. The zero-order valence-corrected chi connectivity index (χ0v) is 15.8. The van der Waals surface area contributed by atoms with Gasteiger partial charge in [0.1, 0.15) is 5.52 Å². The van der Waals surface area contributed by atoms with Crippen molar-refractivity contribution >= 4 is 23.0 Å². The van der Waals surface area contributed by atoms with E-state index < -0.39 is 0 Å². The van der Waals surface area contributed by atoms with Crippen molar-refractivity contribution in [1.29, 1.82) is 0 Å². The van der Waals surface area contributed by atoms with E-state index in [-0.39, 0.29) is 11.8 Å². The van der Waals surface area contributed by atoms with Crippen LogP contribution in [0, 0.1) is 6.92 Å². The van der Waals surface area contributed by atoms with Crippen LogP contribution in [0.15, 0.2) is 36.5 Å². The molecule has 144 valence electrons. The highest BCUT2D eigenvalue weighted by Gasteiger charge is 2.19. The van der Waals surface area contributed by atoms with E-state index in [0.29, 0.717) is 36.2 Å². The van der Waals surface area contributed by atoms with Gasteiger partial charge in [0.05, 0.1) is 5.69 Å². The Morgan fingerprint density at radius 3 is 2.96 bits per heavy atom. The Morgan fingerprint density at radius 2 is 2.14 bits per heavy atom. The molecule has 0 spiro atoms. The van der Waals surface area contributed by atoms with Crippen LogP contribution in [0.25, 0.3) is 16.9 Å². The number of amides is 2. The number of aromatic nitrogens is 4. The maximum atomic E-state index is 12.7. The maximum Gasteiger partial charge on any atom is 0.251 e. The second kappa shape index (κ2) is 7.75. The lowest BCUT2D eigenvalue weighted by Crippen LogP contribution is -2.31. The predicted octanol–water partition coefficient (Wildman–Crippen LogP) is 1.87. The van der Waals surface area contributed by atoms with Gasteiger partial charge in [-0.1, -0.05) is 11.3 Å². The third-order valence-corrected chi connectivity index (χ3v) is 5.05. The van der Waals surface area contributed by atoms with Crippen LogP contribution in [-0.2, 0) is 4.79 Å². The van der Waals surface area contributed by atoms with E-state index in [1.165, 1.54) is 0 Å². The molecular formula is C20H22N6O2. The highest BCUT2D eigenvalue weighted by atomic mass is 16.2. The number of pyridine rings is 1. The van der Waals surface area contributed by atoms with Crippen molar-refractivity contribution in [1.82, 2.24) is 30.2 Å². The van der Waals surface area contributed by atoms with Gasteiger partial charge in [0.15, 0.2) is 5.65 Å². The zero-order chi connectivity index (χ0) is 19.5. The summed E-state index contributed by atoms with van der Waals surface area (Å²) < 4.78 is 1.65. The number of carbonyl (C=O) groups is 2. The molecule has 2 amide bonds. The summed E-state index contributed by atoms with van der Waals surface area (Å²) in [4.78, 5) is 30.5. The molecule has 1 aliphatic rings. The molecule has 0 unspecified atom stereocenters. The summed E-state index contributed by atoms with van der Waals surface area (Å²) in [6.45, 7) is 3.94. The topological polar surface area (TPSA) is 93.0 Å². The van der Waals surface area contributed by atoms with Crippen molar-refractivity contribution < 1.29 is 9.59 Å². The van der Waals surface area contributed by atoms with Crippen molar-refractivity contribution in [3.8, 4) is 5.69 Å². The molecule has 1 fully saturated rings. The molecule has 2 aromatic heterocycles. The molecule has 0 atom stereocenters. The van der Waals surface area contributed by atoms with Crippen molar-refractivity contribution in [2.24, 2.45) is 0 Å². The van der Waals surface area contributed by atoms with E-state index in [1.807, 2.05) is 36.1 Å². The Morgan fingerprint density at radius 1 is 1.25 bits per heavy atom. The van der Waals surface area contributed by atoms with E-state index in [9.17, 15) is 9.59 Å². The van der Waals surface area contributed by atoms with Gasteiger partial charge < -0.3 is 10.2 Å². The summed E-state index contributed by atoms with van der Waals surface area (Å²) in [5, 5.41) is 11.3. The summed E-state index contributed by atoms with van der Waals surface area (Å²) in [6, 6.07) is 9.19. The lowest BCUT2D eigenvalue weighted by molar-refractivity contribution is -0.127. The first-order chi connectivity index (χ1) is 13.6. The first-order valence-electron chi connectivity index (χ1n) is 9.47. The smallest absolute Gasteiger partial charge is 0.251 e. The molecule has 4 rings (SSSR count). The maximum absolute atomic E-state index is 12.7. The molecule has 0 saturated carbocycles. The molecular weight excluding hydrogens is 356 g/mol. The summed E-state index contributed by atoms with van der Waals surface area (Å²) in [5.74, 6) is 0.0769. The highest BCUT2D eigenvalue weighted by Crippen LogP contribution is 2.20. The molecule has 0 bridgehead atoms. The molecule has 3 aromatic rings. The first kappa shape index (κ1) is 18.1. The van der Waals surface area contributed by atoms with E-state index in [0.717, 1.165) is 30.6 Å². The van der Waals surface area contributed by atoms with Crippen LogP contribution in [0.2, 0.25) is 0 Å². The minimum atomic E-state index is -0.135. The average Bonchev–Trinajstić information content (AvgIpc) is 3.31. The van der Waals surface area contributed by atoms with Crippen LogP contribution < -0.4 is 5.32 Å². The van der Waals surface area contributed by atoms with Gasteiger partial charge in [-0.15, -0.1) is 5.10 Å². The zero-order valence-electron chi connectivity index (χ0n) is 15.8. The van der Waals surface area contributed by atoms with Crippen molar-refractivity contribution in [2.45, 2.75) is 26.2 Å². The van der Waals surface area contributed by atoms with E-state index in [2.05, 4.69) is 20.6 Å². The normalized spacial score (nSPS) is 14.0. The van der Waals surface area contributed by atoms with Gasteiger partial charge in [-0.05, 0) is 49.6 Å². The molecule has 28 heavy (non-hydrogen) atoms. The van der Waals surface area contributed by atoms with Crippen LogP contribution in [-0.4, -0.2) is 56.3 Å². The van der Waals surface area contributed by atoms with Gasteiger partial charge in [-0.25, -0.2) is 4.98 Å². The number of nitrogens with one attached hydrogen (secondary N) is 1. The summed E-state index contributed by atoms with van der Waals surface area (Å²) >= 11 is 0. The van der Waals surface area contributed by atoms with Crippen LogP contribution in [0.3, 0.4) is 0 Å². The van der Waals surface area contributed by atoms with Crippen LogP contribution in [0.4, 0.5) is 0 Å². The number of hydrogen-bond donors (Lipinski definition) is 1. The van der Waals surface area contributed by atoms with Crippen molar-refractivity contribution in [3.63, 3.8) is 0 Å². The number of fused-ring (bicyclic) bond motifs is 1. The predicted molar refractivity (Wildman–Crippen MR) is 104 cm³/mol. The number of likely N-dealkylation sites (tertiary alicyclic amines) is 1. The second-order valence-corrected chi connectivity index (χ2v) is 6.89. The van der Waals surface area contributed by atoms with Crippen molar-refractivity contribution in [2.75, 3.05) is 19.6 Å². The number of carbonyl (C=O) groups excluding carboxylic acids is 2. The number of rotatable bonds is 6. The summed E-state index contributed by atoms with van der Waals surface area (Å²) in [6.07, 6.45) is 4.01. The van der Waals surface area contributed by atoms with E-state index >= 15 is 0 Å². The van der Waals surface area contributed by atoms with Gasteiger partial charge in [-0.2, -0.15) is 4.68 Å². The molecule has 8 heteroatoms. The third-order valence-electron chi connectivity index (χ3n) is 5.05. The minimum Gasteiger partial charge on any atom is -0.352 e. The highest BCUT2D eigenvalue weighted by molar-refractivity contribution is 5.96. The minimum absolute atomic E-state index is 0.135. The van der Waals surface area contributed by atoms with Gasteiger partial charge in [0.2, 0.25) is 5.91 Å². The number of hydrogen-bond acceptors (Lipinski definition) is 5. The van der Waals surface area contributed by atoms with Gasteiger partial charge in [0, 0.05) is 37.8 Å². The van der Waals surface area contributed by atoms with E-state index in [1.54, 1.807) is 16.9 Å². The Kier molecular flexibility index (Phi) is 5.01. The quantitative estimate of drug-likeness (QED) is 0.661. The van der Waals surface area contributed by atoms with Crippen molar-refractivity contribution in [3.05, 3.63) is 47.7 Å². The lowest BCUT2D eigenvalue weighted by Gasteiger charge is -2.16. The van der Waals surface area contributed by atoms with E-state index in [4.69, 9.17) is 0 Å². The summed E-state index contributed by atoms with van der Waals surface area (Å²) in [5.41, 5.74) is 3.53. The monoisotopic (exact) mass is 378 g/mol. The molecule has 0 aliphatic carbocycles. The third kappa shape index (κ3) is 3.45. The van der Waals surface area contributed by atoms with Gasteiger partial charge in [-0.3, -0.25) is 9.59 Å². The largest absolute Gasteiger partial charge is 0.352 e. The number of benzene rings is 1. The first-order valence-corrected chi connectivity index (χ1v) is 9.47. The standard InChI is InChI=1S/C20H22N6O2/c1-14-15(20(28)22-11-5-13-25-12-4-9-18(25)27)6-2-8-17(14)26-19-16(23-24-26)7-3-10-21-19/h2-3,6-8,10H,4-5,9,11-13H2,1H3,(H,22,28). The Labute approximate surface area is 162 Å². The molecule has 1 aromatic carbocycles. The van der Waals surface area contributed by atoms with Crippen LogP contribution in [0.1, 0.15) is 35.2 Å². The fourth-order valence-corrected chi connectivity index (χ4v) is 3.53. The fourth-order valence-electron chi connectivity index (χ4n) is 3.53. The Hall–Kier alpha value is -3.29. The average molecular weight is 378 g/mol. The second-order valence-electron chi connectivity index (χ2n) is 6.89. The SMILES string of the molecule is Cc1c(C(=O)NCCCN2CCCC2=O)cccc1-n1nnc2cccnc21. The van der Waals surface area contributed by atoms with Gasteiger partial charge >= 0.3 is 0 Å². The molecule has 1 saturated heterocycles. The Bertz CT molecular complexity index is 1030. The summed E-state index contributed by atoms with van der Waals surface area (Å²) in [7, 11) is 0. The Balaban J connectivity index is 1.45. The molecule has 0 radical (unpaired) electrons. The fraction of sp³-hybridized carbons (Fsp3) is 0.350. The molecule has 3 heterocycles. The van der Waals surface area contributed by atoms with Crippen LogP contribution >= 0.6 is 0 Å². The van der Waals surface area contributed by atoms with Gasteiger partial charge in [0.25, 0.3) is 5.91 Å². The number of nitrogens with zero attached hydrogens (tertiary/aromatic N) is 5. The molecule has 8 nitrogen and oxygen atoms in total.